The summed E-state index contributed by atoms with van der Waals surface area (Å²) in [6, 6.07) is 0. The molecule has 83 heavy (non-hydrogen) atoms. The Kier molecular flexibility index (Phi) is 65.4. The largest absolute Gasteiger partial charge is 0.462 e. The van der Waals surface area contributed by atoms with Crippen LogP contribution in [-0.2, 0) is 28.6 Å². The highest BCUT2D eigenvalue weighted by Crippen LogP contribution is 2.14. The maximum atomic E-state index is 12.9. The number of hydrogen-bond acceptors (Lipinski definition) is 6. The monoisotopic (exact) mass is 1140 g/mol. The molecule has 0 aliphatic rings. The minimum atomic E-state index is -0.808. The van der Waals surface area contributed by atoms with Crippen LogP contribution >= 0.6 is 0 Å². The highest BCUT2D eigenvalue weighted by molar-refractivity contribution is 5.71. The third-order valence-electron chi connectivity index (χ3n) is 14.0. The molecule has 0 N–H and O–H groups in total. The molecule has 0 bridgehead atoms. The molecule has 6 heteroatoms. The number of hydrogen-bond donors (Lipinski definition) is 0. The van der Waals surface area contributed by atoms with Crippen molar-refractivity contribution in [1.82, 2.24) is 0 Å². The minimum Gasteiger partial charge on any atom is -0.462 e. The van der Waals surface area contributed by atoms with E-state index in [1.165, 1.54) is 64.2 Å². The highest BCUT2D eigenvalue weighted by atomic mass is 16.6. The Morgan fingerprint density at radius 1 is 0.253 bits per heavy atom. The standard InChI is InChI=1S/C77H124O6/c1-4-7-10-13-16-19-22-25-28-31-32-33-34-35-36-37-38-39-40-41-42-43-44-45-46-47-50-52-55-58-61-64-67-70-76(79)82-73-74(83-77(80)71-68-65-62-59-56-53-49-30-27-24-21-18-15-12-9-6-3)72-81-75(78)69-66-63-60-57-54-51-48-29-26-23-20-17-14-11-8-5-2/h7,10,16,19-21,23-25,28-30,32-33,35-36,38-39,41-42,44-45,47-50,74H,4-6,8-9,11-15,17-18,22,26-27,31,34,37,40,43,46,51-73H2,1-3H3/b10-7-,19-16-,23-20-,24-21-,28-25-,33-32-,36-35-,39-38-,42-41-,45-44-,48-29-,49-30-,50-47-. The van der Waals surface area contributed by atoms with E-state index >= 15 is 0 Å². The summed E-state index contributed by atoms with van der Waals surface area (Å²) in [6.45, 7) is 6.46. The summed E-state index contributed by atoms with van der Waals surface area (Å²) >= 11 is 0. The summed E-state index contributed by atoms with van der Waals surface area (Å²) < 4.78 is 16.9. The van der Waals surface area contributed by atoms with Gasteiger partial charge in [0.05, 0.1) is 0 Å². The third kappa shape index (κ3) is 67.7. The fraction of sp³-hybridized carbons (Fsp3) is 0.623. The average Bonchev–Trinajstić information content (AvgIpc) is 3.49. The molecule has 0 aromatic heterocycles. The summed E-state index contributed by atoms with van der Waals surface area (Å²) in [7, 11) is 0. The van der Waals surface area contributed by atoms with Gasteiger partial charge < -0.3 is 14.2 Å². The number of carbonyl (C=O) groups excluding carboxylic acids is 3. The van der Waals surface area contributed by atoms with Gasteiger partial charge in [0, 0.05) is 19.3 Å². The van der Waals surface area contributed by atoms with Crippen molar-refractivity contribution in [2.75, 3.05) is 13.2 Å². The van der Waals surface area contributed by atoms with Gasteiger partial charge in [0.2, 0.25) is 0 Å². The van der Waals surface area contributed by atoms with Gasteiger partial charge in [0.1, 0.15) is 13.2 Å². The van der Waals surface area contributed by atoms with Gasteiger partial charge in [-0.25, -0.2) is 0 Å². The summed E-state index contributed by atoms with van der Waals surface area (Å²) in [5, 5.41) is 0. The maximum absolute atomic E-state index is 12.9. The molecule has 0 amide bonds. The second-order valence-corrected chi connectivity index (χ2v) is 22.0. The Hall–Kier alpha value is -4.97. The number of unbranched alkanes of at least 4 members (excludes halogenated alkanes) is 23. The maximum Gasteiger partial charge on any atom is 0.306 e. The average molecular weight is 1150 g/mol. The summed E-state index contributed by atoms with van der Waals surface area (Å²) in [4.78, 5) is 38.4. The normalized spacial score (nSPS) is 13.1. The molecule has 0 aliphatic carbocycles. The molecule has 0 spiro atoms. The molecule has 0 aliphatic heterocycles. The first-order valence-electron chi connectivity index (χ1n) is 34.0. The molecule has 468 valence electrons. The van der Waals surface area contributed by atoms with Crippen molar-refractivity contribution in [3.8, 4) is 0 Å². The predicted molar refractivity (Wildman–Crippen MR) is 362 cm³/mol. The van der Waals surface area contributed by atoms with Gasteiger partial charge in [-0.3, -0.25) is 14.4 Å². The lowest BCUT2D eigenvalue weighted by atomic mass is 10.1. The van der Waals surface area contributed by atoms with Gasteiger partial charge in [-0.2, -0.15) is 0 Å². The van der Waals surface area contributed by atoms with Gasteiger partial charge >= 0.3 is 17.9 Å². The minimum absolute atomic E-state index is 0.102. The van der Waals surface area contributed by atoms with E-state index in [2.05, 4.69) is 179 Å². The Labute approximate surface area is 511 Å². The smallest absolute Gasteiger partial charge is 0.306 e. The zero-order valence-electron chi connectivity index (χ0n) is 53.7. The van der Waals surface area contributed by atoms with Crippen LogP contribution in [0.1, 0.15) is 290 Å². The number of allylic oxidation sites excluding steroid dienone is 26. The van der Waals surface area contributed by atoms with Crippen molar-refractivity contribution >= 4 is 17.9 Å². The van der Waals surface area contributed by atoms with E-state index in [1.807, 2.05) is 0 Å². The van der Waals surface area contributed by atoms with Gasteiger partial charge in [-0.15, -0.1) is 0 Å². The molecule has 0 saturated carbocycles. The Balaban J connectivity index is 4.40. The van der Waals surface area contributed by atoms with E-state index in [0.717, 1.165) is 186 Å². The van der Waals surface area contributed by atoms with Gasteiger partial charge in [0.15, 0.2) is 6.10 Å². The fourth-order valence-corrected chi connectivity index (χ4v) is 8.91. The van der Waals surface area contributed by atoms with E-state index < -0.39 is 6.10 Å². The van der Waals surface area contributed by atoms with Gasteiger partial charge in [-0.1, -0.05) is 275 Å². The third-order valence-corrected chi connectivity index (χ3v) is 14.0. The van der Waals surface area contributed by atoms with Crippen molar-refractivity contribution in [2.24, 2.45) is 0 Å². The van der Waals surface area contributed by atoms with Crippen molar-refractivity contribution in [1.29, 1.82) is 0 Å². The highest BCUT2D eigenvalue weighted by Gasteiger charge is 2.19. The second-order valence-electron chi connectivity index (χ2n) is 22.0. The molecule has 6 nitrogen and oxygen atoms in total. The van der Waals surface area contributed by atoms with Crippen LogP contribution in [0.4, 0.5) is 0 Å². The van der Waals surface area contributed by atoms with E-state index in [1.54, 1.807) is 0 Å². The summed E-state index contributed by atoms with van der Waals surface area (Å²) in [6.07, 6.45) is 101. The molecule has 0 aromatic carbocycles. The topological polar surface area (TPSA) is 78.9 Å². The predicted octanol–water partition coefficient (Wildman–Crippen LogP) is 23.7. The molecule has 1 unspecified atom stereocenters. The van der Waals surface area contributed by atoms with Crippen molar-refractivity contribution in [3.63, 3.8) is 0 Å². The Morgan fingerprint density at radius 3 is 0.735 bits per heavy atom. The second kappa shape index (κ2) is 69.5. The number of carbonyl (C=O) groups is 3. The molecular formula is C77H124O6. The Bertz CT molecular complexity index is 1840. The van der Waals surface area contributed by atoms with E-state index in [9.17, 15) is 14.4 Å². The summed E-state index contributed by atoms with van der Waals surface area (Å²) in [5.41, 5.74) is 0. The van der Waals surface area contributed by atoms with E-state index in [4.69, 9.17) is 14.2 Å². The lowest BCUT2D eigenvalue weighted by Gasteiger charge is -2.18. The van der Waals surface area contributed by atoms with Crippen LogP contribution in [0.25, 0.3) is 0 Å². The molecule has 0 saturated heterocycles. The van der Waals surface area contributed by atoms with Gasteiger partial charge in [-0.05, 0) is 154 Å². The van der Waals surface area contributed by atoms with E-state index in [0.29, 0.717) is 19.3 Å². The van der Waals surface area contributed by atoms with Crippen LogP contribution in [0.3, 0.4) is 0 Å². The van der Waals surface area contributed by atoms with Crippen LogP contribution in [0.2, 0.25) is 0 Å². The molecule has 0 radical (unpaired) electrons. The Morgan fingerprint density at radius 2 is 0.470 bits per heavy atom. The molecule has 0 fully saturated rings. The first kappa shape index (κ1) is 78.0. The molecule has 0 heterocycles. The number of ether oxygens (including phenoxy) is 3. The molecule has 0 aromatic rings. The van der Waals surface area contributed by atoms with Crippen LogP contribution in [0, 0.1) is 0 Å². The molecule has 0 rings (SSSR count). The lowest BCUT2D eigenvalue weighted by Crippen LogP contribution is -2.30. The molecule has 1 atom stereocenters. The van der Waals surface area contributed by atoms with Crippen molar-refractivity contribution in [2.45, 2.75) is 297 Å². The zero-order valence-corrected chi connectivity index (χ0v) is 53.7. The van der Waals surface area contributed by atoms with Crippen LogP contribution in [-0.4, -0.2) is 37.2 Å². The first-order valence-corrected chi connectivity index (χ1v) is 34.0. The zero-order chi connectivity index (χ0) is 59.9. The van der Waals surface area contributed by atoms with Crippen molar-refractivity contribution < 1.29 is 28.6 Å². The SMILES string of the molecule is CC/C=C\C/C=C\C/C=C\C/C=C\C/C=C\C/C=C\C/C=C\C/C=C\C/C=C\CCCCCCCC(=O)OCC(COC(=O)CCCCCCC/C=C\C/C=C\CCCCCC)OC(=O)CCCCCCC/C=C\C/C=C\CCCCCC. The lowest BCUT2D eigenvalue weighted by molar-refractivity contribution is -0.167. The van der Waals surface area contributed by atoms with Crippen LogP contribution < -0.4 is 0 Å². The van der Waals surface area contributed by atoms with Gasteiger partial charge in [0.25, 0.3) is 0 Å². The first-order chi connectivity index (χ1) is 41.0. The van der Waals surface area contributed by atoms with Crippen molar-refractivity contribution in [3.05, 3.63) is 158 Å². The number of rotatable bonds is 60. The van der Waals surface area contributed by atoms with Crippen LogP contribution in [0.15, 0.2) is 158 Å². The molecular weight excluding hydrogens is 1020 g/mol. The fourth-order valence-electron chi connectivity index (χ4n) is 8.91. The summed E-state index contributed by atoms with van der Waals surface area (Å²) in [5.74, 6) is -0.948. The van der Waals surface area contributed by atoms with E-state index in [-0.39, 0.29) is 31.1 Å². The quantitative estimate of drug-likeness (QED) is 0.0261. The van der Waals surface area contributed by atoms with Crippen LogP contribution in [0.5, 0.6) is 0 Å². The number of esters is 3.